The first-order valence-corrected chi connectivity index (χ1v) is 4.40. The van der Waals surface area contributed by atoms with Gasteiger partial charge in [-0.1, -0.05) is 0 Å². The molecule has 2 aliphatic carbocycles. The van der Waals surface area contributed by atoms with Gasteiger partial charge in [0, 0.05) is 19.6 Å². The molecule has 4 atom stereocenters. The number of halogens is 1. The Morgan fingerprint density at radius 2 is 2.25 bits per heavy atom. The van der Waals surface area contributed by atoms with E-state index < -0.39 is 6.17 Å². The fourth-order valence-electron chi connectivity index (χ4n) is 2.73. The minimum atomic E-state index is -0.774. The maximum absolute atomic E-state index is 13.3. The van der Waals surface area contributed by atoms with Crippen LogP contribution in [-0.2, 0) is 9.47 Å². The van der Waals surface area contributed by atoms with Gasteiger partial charge in [0.2, 0.25) is 0 Å². The van der Waals surface area contributed by atoms with Crippen LogP contribution in [0.15, 0.2) is 0 Å². The molecule has 0 amide bonds. The van der Waals surface area contributed by atoms with Crippen molar-refractivity contribution in [3.05, 3.63) is 0 Å². The van der Waals surface area contributed by atoms with Crippen molar-refractivity contribution in [3.63, 3.8) is 0 Å². The van der Waals surface area contributed by atoms with Crippen LogP contribution in [-0.4, -0.2) is 33.1 Å². The van der Waals surface area contributed by atoms with Crippen LogP contribution in [0.4, 0.5) is 4.39 Å². The molecule has 2 rings (SSSR count). The molecular formula is C9H15FO2. The zero-order valence-electron chi connectivity index (χ0n) is 7.55. The lowest BCUT2D eigenvalue weighted by Gasteiger charge is -2.22. The lowest BCUT2D eigenvalue weighted by molar-refractivity contribution is -0.0254. The molecule has 0 aromatic rings. The minimum absolute atomic E-state index is 0.0307. The molecular weight excluding hydrogens is 159 g/mol. The van der Waals surface area contributed by atoms with Crippen LogP contribution in [0.2, 0.25) is 0 Å². The van der Waals surface area contributed by atoms with Gasteiger partial charge in [0.15, 0.2) is 0 Å². The molecule has 2 aliphatic rings. The molecule has 0 aliphatic heterocycles. The predicted octanol–water partition coefficient (Wildman–Crippen LogP) is 1.40. The Balaban J connectivity index is 2.07. The van der Waals surface area contributed by atoms with E-state index in [2.05, 4.69) is 0 Å². The summed E-state index contributed by atoms with van der Waals surface area (Å²) in [5.74, 6) is 0.511. The molecule has 0 heterocycles. The van der Waals surface area contributed by atoms with Crippen molar-refractivity contribution in [2.75, 3.05) is 20.8 Å². The first-order chi connectivity index (χ1) is 5.74. The van der Waals surface area contributed by atoms with Gasteiger partial charge in [-0.25, -0.2) is 4.39 Å². The van der Waals surface area contributed by atoms with E-state index in [0.29, 0.717) is 18.9 Å². The third kappa shape index (κ3) is 0.927. The Labute approximate surface area is 72.0 Å². The molecule has 2 fully saturated rings. The van der Waals surface area contributed by atoms with Crippen LogP contribution in [0.25, 0.3) is 0 Å². The van der Waals surface area contributed by atoms with E-state index in [4.69, 9.17) is 9.47 Å². The molecule has 0 unspecified atom stereocenters. The molecule has 0 radical (unpaired) electrons. The van der Waals surface area contributed by atoms with Crippen molar-refractivity contribution in [1.82, 2.24) is 0 Å². The standard InChI is InChI=1S/C9H15FO2/c1-11-5-9-4-6(9)3-7(10)8(9)12-2/h6-8H,3-5H2,1-2H3/t6-,7-,8-,9-/m0/s1. The van der Waals surface area contributed by atoms with Gasteiger partial charge >= 0.3 is 0 Å². The minimum Gasteiger partial charge on any atom is -0.384 e. The van der Waals surface area contributed by atoms with Crippen molar-refractivity contribution in [2.24, 2.45) is 11.3 Å². The molecule has 0 N–H and O–H groups in total. The monoisotopic (exact) mass is 174 g/mol. The SMILES string of the molecule is COC[C@@]12C[C@@H]1C[C@H](F)[C@@H]2OC. The summed E-state index contributed by atoms with van der Waals surface area (Å²) in [7, 11) is 3.26. The fraction of sp³-hybridized carbons (Fsp3) is 1.00. The Bertz CT molecular complexity index is 185. The lowest BCUT2D eigenvalue weighted by Crippen LogP contribution is -2.32. The molecule has 2 nitrogen and oxygen atoms in total. The highest BCUT2D eigenvalue weighted by atomic mass is 19.1. The highest BCUT2D eigenvalue weighted by molar-refractivity contribution is 5.15. The number of fused-ring (bicyclic) bond motifs is 1. The Morgan fingerprint density at radius 1 is 1.50 bits per heavy atom. The van der Waals surface area contributed by atoms with Gasteiger partial charge in [-0.05, 0) is 18.8 Å². The Hall–Kier alpha value is -0.150. The Morgan fingerprint density at radius 3 is 2.83 bits per heavy atom. The summed E-state index contributed by atoms with van der Waals surface area (Å²) in [6.45, 7) is 0.649. The average Bonchev–Trinajstić information content (AvgIpc) is 2.59. The van der Waals surface area contributed by atoms with E-state index in [0.717, 1.165) is 6.42 Å². The largest absolute Gasteiger partial charge is 0.384 e. The maximum atomic E-state index is 13.3. The number of alkyl halides is 1. The second-order valence-electron chi connectivity index (χ2n) is 3.98. The third-order valence-electron chi connectivity index (χ3n) is 3.35. The smallest absolute Gasteiger partial charge is 0.127 e. The molecule has 3 heteroatoms. The van der Waals surface area contributed by atoms with Gasteiger partial charge in [0.05, 0.1) is 12.7 Å². The molecule has 2 saturated carbocycles. The van der Waals surface area contributed by atoms with Crippen LogP contribution in [0, 0.1) is 11.3 Å². The molecule has 0 aromatic heterocycles. The first kappa shape index (κ1) is 8.45. The second-order valence-corrected chi connectivity index (χ2v) is 3.98. The van der Waals surface area contributed by atoms with E-state index in [-0.39, 0.29) is 11.5 Å². The van der Waals surface area contributed by atoms with Crippen LogP contribution < -0.4 is 0 Å². The van der Waals surface area contributed by atoms with Crippen LogP contribution >= 0.6 is 0 Å². The predicted molar refractivity (Wildman–Crippen MR) is 42.7 cm³/mol. The third-order valence-corrected chi connectivity index (χ3v) is 3.35. The number of hydrogen-bond donors (Lipinski definition) is 0. The average molecular weight is 174 g/mol. The van der Waals surface area contributed by atoms with Crippen molar-refractivity contribution in [2.45, 2.75) is 25.1 Å². The van der Waals surface area contributed by atoms with Gasteiger partial charge in [0.1, 0.15) is 6.17 Å². The fourth-order valence-corrected chi connectivity index (χ4v) is 2.73. The van der Waals surface area contributed by atoms with E-state index in [1.54, 1.807) is 14.2 Å². The van der Waals surface area contributed by atoms with Crippen molar-refractivity contribution >= 4 is 0 Å². The van der Waals surface area contributed by atoms with Gasteiger partial charge in [0.25, 0.3) is 0 Å². The molecule has 0 aromatic carbocycles. The summed E-state index contributed by atoms with van der Waals surface area (Å²) >= 11 is 0. The molecule has 0 bridgehead atoms. The van der Waals surface area contributed by atoms with E-state index in [1.807, 2.05) is 0 Å². The summed E-state index contributed by atoms with van der Waals surface area (Å²) in [5, 5.41) is 0. The first-order valence-electron chi connectivity index (χ1n) is 4.40. The molecule has 0 saturated heterocycles. The molecule has 12 heavy (non-hydrogen) atoms. The quantitative estimate of drug-likeness (QED) is 0.643. The summed E-state index contributed by atoms with van der Waals surface area (Å²) < 4.78 is 23.5. The summed E-state index contributed by atoms with van der Waals surface area (Å²) in [6.07, 6.45) is 0.757. The lowest BCUT2D eigenvalue weighted by atomic mass is 10.0. The Kier molecular flexibility index (Phi) is 1.88. The van der Waals surface area contributed by atoms with Gasteiger partial charge in [-0.3, -0.25) is 0 Å². The molecule has 70 valence electrons. The van der Waals surface area contributed by atoms with E-state index in [9.17, 15) is 4.39 Å². The highest BCUT2D eigenvalue weighted by Gasteiger charge is 2.67. The topological polar surface area (TPSA) is 18.5 Å². The zero-order chi connectivity index (χ0) is 8.77. The van der Waals surface area contributed by atoms with Crippen molar-refractivity contribution < 1.29 is 13.9 Å². The normalized spacial score (nSPS) is 50.8. The van der Waals surface area contributed by atoms with E-state index >= 15 is 0 Å². The zero-order valence-corrected chi connectivity index (χ0v) is 7.55. The number of rotatable bonds is 3. The number of hydrogen-bond acceptors (Lipinski definition) is 2. The summed E-state index contributed by atoms with van der Waals surface area (Å²) in [4.78, 5) is 0. The summed E-state index contributed by atoms with van der Waals surface area (Å²) in [6, 6.07) is 0. The van der Waals surface area contributed by atoms with Crippen molar-refractivity contribution in [3.8, 4) is 0 Å². The van der Waals surface area contributed by atoms with Crippen LogP contribution in [0.5, 0.6) is 0 Å². The summed E-state index contributed by atoms with van der Waals surface area (Å²) in [5.41, 5.74) is 0.0307. The number of ether oxygens (including phenoxy) is 2. The van der Waals surface area contributed by atoms with Gasteiger partial charge < -0.3 is 9.47 Å². The highest BCUT2D eigenvalue weighted by Crippen LogP contribution is 2.64. The maximum Gasteiger partial charge on any atom is 0.127 e. The van der Waals surface area contributed by atoms with Crippen LogP contribution in [0.3, 0.4) is 0 Å². The van der Waals surface area contributed by atoms with Gasteiger partial charge in [-0.15, -0.1) is 0 Å². The number of methoxy groups -OCH3 is 2. The van der Waals surface area contributed by atoms with Gasteiger partial charge in [-0.2, -0.15) is 0 Å². The van der Waals surface area contributed by atoms with Crippen molar-refractivity contribution in [1.29, 1.82) is 0 Å². The molecule has 0 spiro atoms. The van der Waals surface area contributed by atoms with Crippen LogP contribution in [0.1, 0.15) is 12.8 Å². The second kappa shape index (κ2) is 2.67. The van der Waals surface area contributed by atoms with E-state index in [1.165, 1.54) is 0 Å².